The molecule has 0 saturated heterocycles. The SMILES string of the molecule is C=C1CCC(NC(=O)c2cccc3c2NCCC3)C(=O)C1. The molecule has 110 valence electrons. The van der Waals surface area contributed by atoms with E-state index in [1.807, 2.05) is 18.2 Å². The van der Waals surface area contributed by atoms with Gasteiger partial charge in [-0.3, -0.25) is 9.59 Å². The number of aryl methyl sites for hydroxylation is 1. The quantitative estimate of drug-likeness (QED) is 0.820. The van der Waals surface area contributed by atoms with Gasteiger partial charge in [-0.1, -0.05) is 24.3 Å². The van der Waals surface area contributed by atoms with Crippen LogP contribution in [0.2, 0.25) is 0 Å². The number of ketones is 1. The van der Waals surface area contributed by atoms with E-state index >= 15 is 0 Å². The van der Waals surface area contributed by atoms with Crippen molar-refractivity contribution < 1.29 is 9.59 Å². The Bertz CT molecular complexity index is 607. The van der Waals surface area contributed by atoms with Crippen LogP contribution in [0, 0.1) is 0 Å². The monoisotopic (exact) mass is 284 g/mol. The molecular formula is C17H20N2O2. The standard InChI is InChI=1S/C17H20N2O2/c1-11-7-8-14(15(20)10-11)19-17(21)13-6-2-4-12-5-3-9-18-16(12)13/h2,4,6,14,18H,1,3,5,7-10H2,(H,19,21). The minimum absolute atomic E-state index is 0.0670. The summed E-state index contributed by atoms with van der Waals surface area (Å²) in [4.78, 5) is 24.5. The van der Waals surface area contributed by atoms with Crippen molar-refractivity contribution in [3.8, 4) is 0 Å². The number of Topliss-reactive ketones (excluding diaryl/α,β-unsaturated/α-hetero) is 1. The number of rotatable bonds is 2. The van der Waals surface area contributed by atoms with Gasteiger partial charge in [0.2, 0.25) is 0 Å². The topological polar surface area (TPSA) is 58.2 Å². The van der Waals surface area contributed by atoms with Crippen molar-refractivity contribution in [1.29, 1.82) is 0 Å². The van der Waals surface area contributed by atoms with Gasteiger partial charge in [0.25, 0.3) is 5.91 Å². The van der Waals surface area contributed by atoms with Crippen molar-refractivity contribution in [2.24, 2.45) is 0 Å². The Kier molecular flexibility index (Phi) is 3.78. The average molecular weight is 284 g/mol. The lowest BCUT2D eigenvalue weighted by Crippen LogP contribution is -2.43. The Morgan fingerprint density at radius 2 is 2.19 bits per heavy atom. The number of para-hydroxylation sites is 1. The fourth-order valence-electron chi connectivity index (χ4n) is 3.05. The molecule has 1 unspecified atom stereocenters. The van der Waals surface area contributed by atoms with Crippen molar-refractivity contribution in [2.75, 3.05) is 11.9 Å². The number of carbonyl (C=O) groups excluding carboxylic acids is 2. The molecule has 1 fully saturated rings. The van der Waals surface area contributed by atoms with Gasteiger partial charge in [0.05, 0.1) is 17.3 Å². The summed E-state index contributed by atoms with van der Waals surface area (Å²) in [6, 6.07) is 5.40. The largest absolute Gasteiger partial charge is 0.384 e. The fourth-order valence-corrected chi connectivity index (χ4v) is 3.05. The minimum Gasteiger partial charge on any atom is -0.384 e. The number of carbonyl (C=O) groups is 2. The maximum atomic E-state index is 12.5. The molecule has 2 N–H and O–H groups in total. The summed E-state index contributed by atoms with van der Waals surface area (Å²) in [5, 5.41) is 6.19. The summed E-state index contributed by atoms with van der Waals surface area (Å²) in [5.41, 5.74) is 3.71. The highest BCUT2D eigenvalue weighted by molar-refractivity contribution is 6.03. The highest BCUT2D eigenvalue weighted by Gasteiger charge is 2.27. The van der Waals surface area contributed by atoms with Crippen LogP contribution in [-0.4, -0.2) is 24.3 Å². The summed E-state index contributed by atoms with van der Waals surface area (Å²) in [6.07, 6.45) is 3.93. The first-order chi connectivity index (χ1) is 10.1. The van der Waals surface area contributed by atoms with Crippen molar-refractivity contribution in [3.05, 3.63) is 41.5 Å². The van der Waals surface area contributed by atoms with E-state index in [0.717, 1.165) is 37.1 Å². The normalized spacial score (nSPS) is 21.4. The zero-order valence-corrected chi connectivity index (χ0v) is 12.1. The maximum Gasteiger partial charge on any atom is 0.253 e. The highest BCUT2D eigenvalue weighted by atomic mass is 16.2. The van der Waals surface area contributed by atoms with Crippen molar-refractivity contribution >= 4 is 17.4 Å². The highest BCUT2D eigenvalue weighted by Crippen LogP contribution is 2.26. The molecule has 4 heteroatoms. The molecule has 0 aromatic heterocycles. The third-order valence-corrected chi connectivity index (χ3v) is 4.22. The molecule has 0 spiro atoms. The Hall–Kier alpha value is -2.10. The number of fused-ring (bicyclic) bond motifs is 1. The molecule has 1 aromatic rings. The second kappa shape index (κ2) is 5.72. The summed E-state index contributed by atoms with van der Waals surface area (Å²) in [7, 11) is 0. The summed E-state index contributed by atoms with van der Waals surface area (Å²) in [6.45, 7) is 4.74. The lowest BCUT2D eigenvalue weighted by molar-refractivity contribution is -0.121. The lowest BCUT2D eigenvalue weighted by atomic mass is 9.90. The molecule has 1 atom stereocenters. The summed E-state index contributed by atoms with van der Waals surface area (Å²) >= 11 is 0. The maximum absolute atomic E-state index is 12.5. The van der Waals surface area contributed by atoms with E-state index < -0.39 is 0 Å². The Balaban J connectivity index is 1.77. The van der Waals surface area contributed by atoms with Gasteiger partial charge in [-0.25, -0.2) is 0 Å². The fraction of sp³-hybridized carbons (Fsp3) is 0.412. The molecule has 1 aromatic carbocycles. The molecule has 21 heavy (non-hydrogen) atoms. The van der Waals surface area contributed by atoms with Crippen molar-refractivity contribution in [2.45, 2.75) is 38.1 Å². The third kappa shape index (κ3) is 2.84. The van der Waals surface area contributed by atoms with Crippen molar-refractivity contribution in [1.82, 2.24) is 5.32 Å². The molecule has 2 aliphatic rings. The molecule has 0 bridgehead atoms. The number of benzene rings is 1. The predicted octanol–water partition coefficient (Wildman–Crippen LogP) is 2.45. The van der Waals surface area contributed by atoms with Crippen molar-refractivity contribution in [3.63, 3.8) is 0 Å². The number of amides is 1. The van der Waals surface area contributed by atoms with Gasteiger partial charge in [0.1, 0.15) is 0 Å². The van der Waals surface area contributed by atoms with E-state index in [2.05, 4.69) is 17.2 Å². The lowest BCUT2D eigenvalue weighted by Gasteiger charge is -2.25. The van der Waals surface area contributed by atoms with E-state index in [1.165, 1.54) is 5.56 Å². The van der Waals surface area contributed by atoms with E-state index in [4.69, 9.17) is 0 Å². The van der Waals surface area contributed by atoms with Gasteiger partial charge >= 0.3 is 0 Å². The molecule has 0 radical (unpaired) electrons. The Morgan fingerprint density at radius 1 is 1.33 bits per heavy atom. The van der Waals surface area contributed by atoms with E-state index in [-0.39, 0.29) is 17.7 Å². The number of allylic oxidation sites excluding steroid dienone is 1. The van der Waals surface area contributed by atoms with Gasteiger partial charge in [-0.05, 0) is 37.3 Å². The molecular weight excluding hydrogens is 264 g/mol. The van der Waals surface area contributed by atoms with Crippen LogP contribution in [0.4, 0.5) is 5.69 Å². The average Bonchev–Trinajstić information content (AvgIpc) is 2.49. The zero-order valence-electron chi connectivity index (χ0n) is 12.1. The summed E-state index contributed by atoms with van der Waals surface area (Å²) in [5.74, 6) is -0.0931. The van der Waals surface area contributed by atoms with Crippen LogP contribution in [0.3, 0.4) is 0 Å². The number of hydrogen-bond donors (Lipinski definition) is 2. The number of anilines is 1. The van der Waals surface area contributed by atoms with Crippen LogP contribution in [0.25, 0.3) is 0 Å². The second-order valence-electron chi connectivity index (χ2n) is 5.83. The molecule has 1 amide bonds. The summed E-state index contributed by atoms with van der Waals surface area (Å²) < 4.78 is 0. The number of hydrogen-bond acceptors (Lipinski definition) is 3. The van der Waals surface area contributed by atoms with Gasteiger partial charge in [-0.15, -0.1) is 0 Å². The molecule has 1 aliphatic heterocycles. The van der Waals surface area contributed by atoms with Crippen LogP contribution in [0.5, 0.6) is 0 Å². The third-order valence-electron chi connectivity index (χ3n) is 4.22. The first kappa shape index (κ1) is 13.9. The predicted molar refractivity (Wildman–Crippen MR) is 82.5 cm³/mol. The van der Waals surface area contributed by atoms with Gasteiger partial charge in [-0.2, -0.15) is 0 Å². The van der Waals surface area contributed by atoms with Gasteiger partial charge in [0, 0.05) is 13.0 Å². The Morgan fingerprint density at radius 3 is 3.00 bits per heavy atom. The van der Waals surface area contributed by atoms with E-state index in [0.29, 0.717) is 18.4 Å². The molecule has 1 saturated carbocycles. The van der Waals surface area contributed by atoms with Crippen LogP contribution < -0.4 is 10.6 Å². The molecule has 1 heterocycles. The molecule has 3 rings (SSSR count). The first-order valence-electron chi connectivity index (χ1n) is 7.51. The minimum atomic E-state index is -0.373. The second-order valence-corrected chi connectivity index (χ2v) is 5.83. The first-order valence-corrected chi connectivity index (χ1v) is 7.51. The van der Waals surface area contributed by atoms with Crippen LogP contribution in [-0.2, 0) is 11.2 Å². The van der Waals surface area contributed by atoms with Gasteiger partial charge in [0.15, 0.2) is 5.78 Å². The van der Waals surface area contributed by atoms with E-state index in [9.17, 15) is 9.59 Å². The van der Waals surface area contributed by atoms with Crippen LogP contribution >= 0.6 is 0 Å². The molecule has 1 aliphatic carbocycles. The van der Waals surface area contributed by atoms with Crippen LogP contribution in [0.1, 0.15) is 41.6 Å². The molecule has 4 nitrogen and oxygen atoms in total. The van der Waals surface area contributed by atoms with Crippen LogP contribution in [0.15, 0.2) is 30.4 Å². The zero-order chi connectivity index (χ0) is 14.8. The van der Waals surface area contributed by atoms with Gasteiger partial charge < -0.3 is 10.6 Å². The smallest absolute Gasteiger partial charge is 0.253 e. The number of nitrogens with one attached hydrogen (secondary N) is 2. The van der Waals surface area contributed by atoms with E-state index in [1.54, 1.807) is 0 Å². The Labute approximate surface area is 124 Å².